The van der Waals surface area contributed by atoms with Crippen LogP contribution in [0.1, 0.15) is 12.6 Å². The molecule has 100 valence electrons. The van der Waals surface area contributed by atoms with Crippen LogP contribution >= 0.6 is 11.6 Å². The zero-order valence-electron chi connectivity index (χ0n) is 10.1. The van der Waals surface area contributed by atoms with Crippen LogP contribution in [0.3, 0.4) is 0 Å². The summed E-state index contributed by atoms with van der Waals surface area (Å²) in [4.78, 5) is 8.44. The van der Waals surface area contributed by atoms with Gasteiger partial charge in [0.2, 0.25) is 0 Å². The molecule has 6 heteroatoms. The number of hydrogen-bond acceptors (Lipinski definition) is 3. The zero-order chi connectivity index (χ0) is 13.8. The molecule has 3 nitrogen and oxygen atoms in total. The van der Waals surface area contributed by atoms with Gasteiger partial charge in [0.15, 0.2) is 5.82 Å². The first-order valence-corrected chi connectivity index (χ1v) is 6.05. The van der Waals surface area contributed by atoms with Gasteiger partial charge in [0.25, 0.3) is 0 Å². The van der Waals surface area contributed by atoms with Crippen LogP contribution in [-0.4, -0.2) is 16.6 Å². The molecule has 0 saturated carbocycles. The van der Waals surface area contributed by atoms with Crippen LogP contribution < -0.4 is 4.74 Å². The first-order chi connectivity index (χ1) is 9.08. The zero-order valence-corrected chi connectivity index (χ0v) is 10.9. The first kappa shape index (κ1) is 13.7. The number of aromatic nitrogens is 2. The van der Waals surface area contributed by atoms with Crippen molar-refractivity contribution in [3.05, 3.63) is 41.2 Å². The second-order valence-corrected chi connectivity index (χ2v) is 4.15. The van der Waals surface area contributed by atoms with Crippen LogP contribution in [0, 0.1) is 0 Å². The van der Waals surface area contributed by atoms with Gasteiger partial charge >= 0.3 is 6.61 Å². The Morgan fingerprint density at radius 3 is 2.47 bits per heavy atom. The number of hydrogen-bond donors (Lipinski definition) is 0. The Morgan fingerprint density at radius 2 is 1.89 bits per heavy atom. The van der Waals surface area contributed by atoms with E-state index in [1.165, 1.54) is 12.1 Å². The van der Waals surface area contributed by atoms with Gasteiger partial charge in [-0.2, -0.15) is 8.78 Å². The van der Waals surface area contributed by atoms with E-state index < -0.39 is 6.61 Å². The number of ether oxygens (including phenoxy) is 1. The molecule has 0 bridgehead atoms. The number of benzene rings is 1. The van der Waals surface area contributed by atoms with Gasteiger partial charge in [-0.1, -0.05) is 18.5 Å². The fraction of sp³-hybridized carbons (Fsp3) is 0.231. The lowest BCUT2D eigenvalue weighted by Crippen LogP contribution is -2.01. The Bertz CT molecular complexity index is 561. The van der Waals surface area contributed by atoms with E-state index in [4.69, 9.17) is 11.6 Å². The highest BCUT2D eigenvalue weighted by Crippen LogP contribution is 2.22. The maximum atomic E-state index is 12.0. The van der Waals surface area contributed by atoms with Crippen LogP contribution in [0.25, 0.3) is 11.4 Å². The summed E-state index contributed by atoms with van der Waals surface area (Å²) in [5, 5.41) is 0.356. The number of alkyl halides is 2. The molecule has 0 aliphatic carbocycles. The highest BCUT2D eigenvalue weighted by atomic mass is 35.5. The Kier molecular flexibility index (Phi) is 4.27. The SMILES string of the molecule is CCc1cc(Cl)nc(-c2ccc(OC(F)F)cc2)n1. The van der Waals surface area contributed by atoms with Crippen molar-refractivity contribution in [1.82, 2.24) is 9.97 Å². The molecule has 1 aromatic heterocycles. The lowest BCUT2D eigenvalue weighted by Gasteiger charge is -2.06. The number of halogens is 3. The molecule has 0 atom stereocenters. The third-order valence-electron chi connectivity index (χ3n) is 2.45. The van der Waals surface area contributed by atoms with E-state index in [0.29, 0.717) is 16.5 Å². The number of rotatable bonds is 4. The maximum Gasteiger partial charge on any atom is 0.387 e. The second kappa shape index (κ2) is 5.93. The molecule has 0 N–H and O–H groups in total. The average Bonchev–Trinajstić information content (AvgIpc) is 2.38. The lowest BCUT2D eigenvalue weighted by molar-refractivity contribution is -0.0498. The normalized spacial score (nSPS) is 10.8. The first-order valence-electron chi connectivity index (χ1n) is 5.67. The summed E-state index contributed by atoms with van der Waals surface area (Å²) in [6, 6.07) is 7.81. The van der Waals surface area contributed by atoms with Crippen molar-refractivity contribution in [3.8, 4) is 17.1 Å². The van der Waals surface area contributed by atoms with E-state index in [9.17, 15) is 8.78 Å². The molecule has 0 amide bonds. The topological polar surface area (TPSA) is 35.0 Å². The molecule has 0 radical (unpaired) electrons. The minimum atomic E-state index is -2.83. The van der Waals surface area contributed by atoms with Gasteiger partial charge < -0.3 is 4.74 Å². The van der Waals surface area contributed by atoms with Crippen LogP contribution in [0.4, 0.5) is 8.78 Å². The lowest BCUT2D eigenvalue weighted by atomic mass is 10.2. The molecular formula is C13H11ClF2N2O. The van der Waals surface area contributed by atoms with E-state index in [2.05, 4.69) is 14.7 Å². The Balaban J connectivity index is 2.29. The third-order valence-corrected chi connectivity index (χ3v) is 2.64. The molecule has 0 aliphatic rings. The number of nitrogens with zero attached hydrogens (tertiary/aromatic N) is 2. The summed E-state index contributed by atoms with van der Waals surface area (Å²) in [5.41, 5.74) is 1.52. The van der Waals surface area contributed by atoms with Gasteiger partial charge in [-0.15, -0.1) is 0 Å². The highest BCUT2D eigenvalue weighted by Gasteiger charge is 2.07. The van der Waals surface area contributed by atoms with E-state index >= 15 is 0 Å². The van der Waals surface area contributed by atoms with Gasteiger partial charge in [0, 0.05) is 11.3 Å². The largest absolute Gasteiger partial charge is 0.435 e. The van der Waals surface area contributed by atoms with Crippen LogP contribution in [-0.2, 0) is 6.42 Å². The predicted molar refractivity (Wildman–Crippen MR) is 68.5 cm³/mol. The summed E-state index contributed by atoms with van der Waals surface area (Å²) < 4.78 is 28.3. The van der Waals surface area contributed by atoms with Crippen LogP contribution in [0.2, 0.25) is 5.15 Å². The molecule has 1 aromatic carbocycles. The monoisotopic (exact) mass is 284 g/mol. The molecule has 0 unspecified atom stereocenters. The number of aryl methyl sites for hydroxylation is 1. The Hall–Kier alpha value is -1.75. The van der Waals surface area contributed by atoms with Crippen molar-refractivity contribution < 1.29 is 13.5 Å². The van der Waals surface area contributed by atoms with Gasteiger partial charge in [-0.3, -0.25) is 0 Å². The fourth-order valence-electron chi connectivity index (χ4n) is 1.56. The fourth-order valence-corrected chi connectivity index (χ4v) is 1.77. The molecule has 2 rings (SSSR count). The van der Waals surface area contributed by atoms with E-state index in [1.807, 2.05) is 6.92 Å². The van der Waals surface area contributed by atoms with Gasteiger partial charge in [-0.25, -0.2) is 9.97 Å². The third kappa shape index (κ3) is 3.61. The molecular weight excluding hydrogens is 274 g/mol. The molecule has 0 saturated heterocycles. The molecule has 0 aliphatic heterocycles. The standard InChI is InChI=1S/C13H11ClF2N2O/c1-2-9-7-11(14)18-12(17-9)8-3-5-10(6-4-8)19-13(15)16/h3-7,13H,2H2,1H3. The van der Waals surface area contributed by atoms with E-state index in [-0.39, 0.29) is 5.75 Å². The smallest absolute Gasteiger partial charge is 0.387 e. The van der Waals surface area contributed by atoms with Crippen molar-refractivity contribution in [3.63, 3.8) is 0 Å². The molecule has 2 aromatic rings. The van der Waals surface area contributed by atoms with Crippen molar-refractivity contribution in [2.45, 2.75) is 20.0 Å². The average molecular weight is 285 g/mol. The van der Waals surface area contributed by atoms with Gasteiger partial charge in [0.1, 0.15) is 10.9 Å². The summed E-state index contributed by atoms with van der Waals surface area (Å²) in [5.74, 6) is 0.560. The van der Waals surface area contributed by atoms with Crippen LogP contribution in [0.15, 0.2) is 30.3 Å². The van der Waals surface area contributed by atoms with Crippen molar-refractivity contribution in [2.24, 2.45) is 0 Å². The highest BCUT2D eigenvalue weighted by molar-refractivity contribution is 6.29. The molecule has 0 spiro atoms. The second-order valence-electron chi connectivity index (χ2n) is 3.76. The van der Waals surface area contributed by atoms with Crippen molar-refractivity contribution in [1.29, 1.82) is 0 Å². The van der Waals surface area contributed by atoms with E-state index in [0.717, 1.165) is 12.1 Å². The quantitative estimate of drug-likeness (QED) is 0.797. The Labute approximate surface area is 114 Å². The Morgan fingerprint density at radius 1 is 1.21 bits per heavy atom. The molecule has 19 heavy (non-hydrogen) atoms. The molecule has 1 heterocycles. The molecule has 0 fully saturated rings. The van der Waals surface area contributed by atoms with Gasteiger partial charge in [0.05, 0.1) is 0 Å². The van der Waals surface area contributed by atoms with Gasteiger partial charge in [-0.05, 0) is 36.8 Å². The van der Waals surface area contributed by atoms with E-state index in [1.54, 1.807) is 18.2 Å². The van der Waals surface area contributed by atoms with Crippen LogP contribution in [0.5, 0.6) is 5.75 Å². The summed E-state index contributed by atoms with van der Waals surface area (Å²) in [6.07, 6.45) is 0.738. The van der Waals surface area contributed by atoms with Crippen molar-refractivity contribution >= 4 is 11.6 Å². The van der Waals surface area contributed by atoms with Crippen molar-refractivity contribution in [2.75, 3.05) is 0 Å². The summed E-state index contributed by atoms with van der Waals surface area (Å²) >= 11 is 5.90. The minimum absolute atomic E-state index is 0.0940. The minimum Gasteiger partial charge on any atom is -0.435 e. The maximum absolute atomic E-state index is 12.0. The summed E-state index contributed by atoms with van der Waals surface area (Å²) in [6.45, 7) is -0.873. The predicted octanol–water partition coefficient (Wildman–Crippen LogP) is 3.96. The summed E-state index contributed by atoms with van der Waals surface area (Å²) in [7, 11) is 0.